The van der Waals surface area contributed by atoms with Crippen LogP contribution in [0.4, 0.5) is 105 Å². The predicted molar refractivity (Wildman–Crippen MR) is 328 cm³/mol. The fourth-order valence-corrected chi connectivity index (χ4v) is 3.15. The standard InChI is InChI=1S/C6H8F6.2C6H11F3.3C6H14.C5H6F6.2C5H9F3.2C5H12.C4H10/c1-2-3-4(5(7,8)9)6(10,11)12;1-5(2)3-4-6(7,8)9;1-2-3-4-5-6(7,8)9;1-5-6(2,3)4;1-5(2)6(3)4;1-4-5-6(2)3;1-3(2,4(6,7)8)5(9,10)11;1-4(2,3)5(6,7)8;1-3-4(2)5(6,7)8;1-4-5(2)3;1-3-5-4-2;1-4(2)3/h4H,2-3H2,1H3;5H,3-4H2,1-2H3;2-5H2,1H3;5H2,1-4H3;5-6H,1-4H3;6H,4-5H2,1-3H3;1-2H3;1-3H3;4H,3H2,1-2H3;5H,4H2,1-3H3;3-5H2,1-2H3;4H,1-3H3/i;;;;;;;;;;;4D. The van der Waals surface area contributed by atoms with Crippen molar-refractivity contribution in [3.05, 3.63) is 0 Å². The molecule has 558 valence electrons. The van der Waals surface area contributed by atoms with Crippen LogP contribution < -0.4 is 0 Å². The number of rotatable bonds is 14. The third kappa shape index (κ3) is 111. The van der Waals surface area contributed by atoms with Crippen LogP contribution in [0.5, 0.6) is 0 Å². The van der Waals surface area contributed by atoms with Gasteiger partial charge >= 0.3 is 49.4 Å². The number of hydrogen-bond acceptors (Lipinski definition) is 0. The molecule has 0 aliphatic carbocycles. The van der Waals surface area contributed by atoms with Gasteiger partial charge in [-0.05, 0) is 80.4 Å². The SMILES string of the molecule is CC(C)(C(F)(F)F)C(F)(F)F.CC(C)(C)C(F)(F)F.CC(C)C(C)C.CC(C)CCC(F)(F)F.CCC(C)(C)C.CCC(C)C.CCC(C)C(F)(F)F.CCCC(C(F)(F)F)C(F)(F)F.CCCC(C)C.CCCCC.CCCCCC(F)(F)F.[2H]C(C)(C)C. The Bertz CT molecular complexity index is 1380. The van der Waals surface area contributed by atoms with E-state index < -0.39 is 91.3 Å². The second-order valence-electron chi connectivity index (χ2n) is 26.5. The van der Waals surface area contributed by atoms with Crippen LogP contribution in [0.1, 0.15) is 312 Å². The molecule has 0 bridgehead atoms. The van der Waals surface area contributed by atoms with Crippen molar-refractivity contribution < 1.29 is 107 Å². The average Bonchev–Trinajstić information content (AvgIpc) is 3.28. The largest absolute Gasteiger partial charge is 0.402 e. The molecule has 0 amide bonds. The van der Waals surface area contributed by atoms with E-state index >= 15 is 0 Å². The van der Waals surface area contributed by atoms with Crippen LogP contribution in [-0.2, 0) is 0 Å². The molecular weight excluding hydrogens is 1240 g/mol. The maximum absolute atomic E-state index is 11.7. The van der Waals surface area contributed by atoms with E-state index in [1.54, 1.807) is 13.8 Å². The number of alkyl halides is 24. The molecule has 0 fully saturated rings. The van der Waals surface area contributed by atoms with Crippen molar-refractivity contribution in [2.24, 2.45) is 63.6 Å². The van der Waals surface area contributed by atoms with Gasteiger partial charge in [0.1, 0.15) is 0 Å². The topological polar surface area (TPSA) is 0 Å². The minimum absolute atomic E-state index is 0.104. The fourth-order valence-electron chi connectivity index (χ4n) is 3.15. The van der Waals surface area contributed by atoms with Gasteiger partial charge in [-0.25, -0.2) is 0 Å². The van der Waals surface area contributed by atoms with Gasteiger partial charge in [0.25, 0.3) is 0 Å². The Kier molecular flexibility index (Phi) is 72.5. The van der Waals surface area contributed by atoms with Crippen LogP contribution in [0.15, 0.2) is 0 Å². The molecule has 0 aliphatic rings. The summed E-state index contributed by atoms with van der Waals surface area (Å²) in [6.45, 7) is 54.3. The molecule has 0 spiro atoms. The minimum Gasteiger partial charge on any atom is -0.171 e. The van der Waals surface area contributed by atoms with Gasteiger partial charge in [0.2, 0.25) is 0 Å². The Hall–Kier alpha value is -1.68. The van der Waals surface area contributed by atoms with Crippen molar-refractivity contribution in [2.45, 2.75) is 360 Å². The lowest BCUT2D eigenvalue weighted by molar-refractivity contribution is -0.327. The Labute approximate surface area is 529 Å². The Balaban J connectivity index is -0.0000000745. The zero-order valence-corrected chi connectivity index (χ0v) is 60.4. The minimum atomic E-state index is -5.24. The second-order valence-corrected chi connectivity index (χ2v) is 26.5. The summed E-state index contributed by atoms with van der Waals surface area (Å²) in [5, 5.41) is 0. The Morgan fingerprint density at radius 2 is 0.573 bits per heavy atom. The number of hydrogen-bond donors (Lipinski definition) is 0. The van der Waals surface area contributed by atoms with E-state index in [-0.39, 0.29) is 51.3 Å². The second kappa shape index (κ2) is 57.7. The molecule has 0 rings (SSSR count). The molecule has 0 N–H and O–H groups in total. The van der Waals surface area contributed by atoms with Gasteiger partial charge in [0.05, 0.1) is 11.3 Å². The molecule has 1 atom stereocenters. The molecule has 0 aliphatic heterocycles. The highest BCUT2D eigenvalue weighted by Crippen LogP contribution is 2.49. The van der Waals surface area contributed by atoms with Gasteiger partial charge in [-0.15, -0.1) is 0 Å². The monoisotopic (exact) mass is 1370 g/mol. The molecule has 0 aromatic heterocycles. The molecule has 24 heteroatoms. The fraction of sp³-hybridized carbons (Fsp3) is 1.00. The van der Waals surface area contributed by atoms with Gasteiger partial charge < -0.3 is 0 Å². The molecular formula is C65H130F24. The van der Waals surface area contributed by atoms with E-state index in [0.29, 0.717) is 11.8 Å². The number of unbranched alkanes of at least 4 members (excludes halogenated alkanes) is 4. The van der Waals surface area contributed by atoms with E-state index in [0.717, 1.165) is 50.9 Å². The van der Waals surface area contributed by atoms with Crippen molar-refractivity contribution in [3.63, 3.8) is 0 Å². The van der Waals surface area contributed by atoms with E-state index in [9.17, 15) is 105 Å². The lowest BCUT2D eigenvalue weighted by atomic mass is 9.92. The molecule has 1 unspecified atom stereocenters. The summed E-state index contributed by atoms with van der Waals surface area (Å²) in [5.41, 5.74) is -4.65. The van der Waals surface area contributed by atoms with Crippen LogP contribution in [0.3, 0.4) is 0 Å². The highest BCUT2D eigenvalue weighted by atomic mass is 19.4. The van der Waals surface area contributed by atoms with E-state index in [2.05, 4.69) is 111 Å². The predicted octanol–water partition coefficient (Wildman–Crippen LogP) is 31.1. The average molecular weight is 1370 g/mol. The summed E-state index contributed by atoms with van der Waals surface area (Å²) >= 11 is 0. The Morgan fingerprint density at radius 1 is 0.315 bits per heavy atom. The molecule has 0 heterocycles. The first-order valence-electron chi connectivity index (χ1n) is 31.6. The molecule has 0 radical (unpaired) electrons. The van der Waals surface area contributed by atoms with Gasteiger partial charge in [0, 0.05) is 14.2 Å². The molecule has 0 aromatic carbocycles. The van der Waals surface area contributed by atoms with E-state index in [1.807, 2.05) is 27.7 Å². The first-order valence-corrected chi connectivity index (χ1v) is 31.1. The summed E-state index contributed by atoms with van der Waals surface area (Å²) in [5.74, 6) is -0.941. The zero-order valence-electron chi connectivity index (χ0n) is 61.4. The molecule has 0 saturated carbocycles. The highest BCUT2D eigenvalue weighted by molar-refractivity contribution is 4.84. The molecule has 89 heavy (non-hydrogen) atoms. The highest BCUT2D eigenvalue weighted by Gasteiger charge is 2.64. The van der Waals surface area contributed by atoms with Crippen LogP contribution in [-0.4, -0.2) is 49.4 Å². The summed E-state index contributed by atoms with van der Waals surface area (Å²) < 4.78 is 284. The lowest BCUT2D eigenvalue weighted by Crippen LogP contribution is -2.44. The summed E-state index contributed by atoms with van der Waals surface area (Å²) in [7, 11) is 0. The van der Waals surface area contributed by atoms with E-state index in [1.165, 1.54) is 65.7 Å². The molecule has 0 saturated heterocycles. The van der Waals surface area contributed by atoms with E-state index in [4.69, 9.17) is 1.37 Å². The van der Waals surface area contributed by atoms with Gasteiger partial charge in [0.15, 0.2) is 11.3 Å². The van der Waals surface area contributed by atoms with Crippen LogP contribution in [0, 0.1) is 63.6 Å². The smallest absolute Gasteiger partial charge is 0.171 e. The Morgan fingerprint density at radius 3 is 0.629 bits per heavy atom. The van der Waals surface area contributed by atoms with Crippen molar-refractivity contribution in [2.75, 3.05) is 0 Å². The van der Waals surface area contributed by atoms with Crippen molar-refractivity contribution in [3.8, 4) is 0 Å². The third-order valence-electron chi connectivity index (χ3n) is 11.7. The first kappa shape index (κ1) is 112. The maximum atomic E-state index is 11.7. The quantitative estimate of drug-likeness (QED) is 0.120. The van der Waals surface area contributed by atoms with Crippen molar-refractivity contribution >= 4 is 0 Å². The lowest BCUT2D eigenvalue weighted by Gasteiger charge is -2.29. The summed E-state index contributed by atoms with van der Waals surface area (Å²) in [6.07, 6.45) is -27.5. The van der Waals surface area contributed by atoms with Crippen LogP contribution in [0.2, 0.25) is 0 Å². The summed E-state index contributed by atoms with van der Waals surface area (Å²) in [6, 6.07) is 0. The summed E-state index contributed by atoms with van der Waals surface area (Å²) in [4.78, 5) is 0. The molecule has 0 aromatic rings. The third-order valence-corrected chi connectivity index (χ3v) is 11.7. The van der Waals surface area contributed by atoms with Crippen LogP contribution in [0.25, 0.3) is 0 Å². The zero-order chi connectivity index (χ0) is 76.4. The van der Waals surface area contributed by atoms with Crippen molar-refractivity contribution in [1.29, 1.82) is 0 Å². The van der Waals surface area contributed by atoms with Gasteiger partial charge in [-0.1, -0.05) is 258 Å². The normalized spacial score (nSPS) is 12.9. The van der Waals surface area contributed by atoms with Crippen molar-refractivity contribution in [1.82, 2.24) is 0 Å². The first-order chi connectivity index (χ1) is 39.1. The van der Waals surface area contributed by atoms with Gasteiger partial charge in [-0.3, -0.25) is 0 Å². The molecule has 0 nitrogen and oxygen atoms in total. The van der Waals surface area contributed by atoms with Gasteiger partial charge in [-0.2, -0.15) is 105 Å². The maximum Gasteiger partial charge on any atom is 0.402 e. The van der Waals surface area contributed by atoms with Crippen LogP contribution >= 0.6 is 0 Å². The number of halogens is 24.